The van der Waals surface area contributed by atoms with E-state index >= 15 is 0 Å². The first-order chi connectivity index (χ1) is 14.8. The average molecular weight is 434 g/mol. The van der Waals surface area contributed by atoms with E-state index in [1.165, 1.54) is 18.2 Å². The molecule has 3 rings (SSSR count). The summed E-state index contributed by atoms with van der Waals surface area (Å²) in [6.45, 7) is 9.43. The summed E-state index contributed by atoms with van der Waals surface area (Å²) in [6.07, 6.45) is 1.71. The van der Waals surface area contributed by atoms with Crippen molar-refractivity contribution < 1.29 is 18.8 Å². The molecule has 1 aromatic carbocycles. The number of anilines is 2. The van der Waals surface area contributed by atoms with E-state index in [9.17, 15) is 18.8 Å². The monoisotopic (exact) mass is 433 g/mol. The van der Waals surface area contributed by atoms with Crippen molar-refractivity contribution in [3.8, 4) is 0 Å². The molecule has 0 radical (unpaired) electrons. The molecule has 9 heteroatoms. The number of piperazine rings is 1. The maximum atomic E-state index is 14.3. The number of nitrogens with one attached hydrogen (secondary N) is 3. The molecule has 3 N–H and O–H groups in total. The molecule has 2 aliphatic heterocycles. The van der Waals surface area contributed by atoms with E-state index in [1.54, 1.807) is 0 Å². The third kappa shape index (κ3) is 6.01. The summed E-state index contributed by atoms with van der Waals surface area (Å²) in [4.78, 5) is 40.4. The van der Waals surface area contributed by atoms with Crippen LogP contribution in [-0.4, -0.2) is 71.8 Å². The van der Waals surface area contributed by atoms with Gasteiger partial charge in [-0.25, -0.2) is 4.39 Å². The van der Waals surface area contributed by atoms with Crippen LogP contribution >= 0.6 is 0 Å². The van der Waals surface area contributed by atoms with Crippen molar-refractivity contribution in [3.63, 3.8) is 0 Å². The zero-order valence-electron chi connectivity index (χ0n) is 18.4. The van der Waals surface area contributed by atoms with Crippen molar-refractivity contribution in [2.45, 2.75) is 58.2 Å². The van der Waals surface area contributed by atoms with Crippen LogP contribution in [0.25, 0.3) is 0 Å². The first-order valence-electron chi connectivity index (χ1n) is 10.9. The van der Waals surface area contributed by atoms with E-state index in [-0.39, 0.29) is 42.6 Å². The molecular weight excluding hydrogens is 401 g/mol. The second-order valence-electron chi connectivity index (χ2n) is 8.52. The Morgan fingerprint density at radius 2 is 1.94 bits per heavy atom. The van der Waals surface area contributed by atoms with Gasteiger partial charge in [0.15, 0.2) is 0 Å². The predicted octanol–water partition coefficient (Wildman–Crippen LogP) is 1.79. The number of hydrogen-bond acceptors (Lipinski definition) is 6. The van der Waals surface area contributed by atoms with Crippen molar-refractivity contribution in [2.75, 3.05) is 36.8 Å². The van der Waals surface area contributed by atoms with Gasteiger partial charge in [0.25, 0.3) is 0 Å². The topological polar surface area (TPSA) is 93.8 Å². The lowest BCUT2D eigenvalue weighted by Crippen LogP contribution is -2.58. The Hall–Kier alpha value is -2.52. The average Bonchev–Trinajstić information content (AvgIpc) is 2.70. The Morgan fingerprint density at radius 3 is 2.58 bits per heavy atom. The Kier molecular flexibility index (Phi) is 7.61. The third-order valence-electron chi connectivity index (χ3n) is 5.86. The maximum Gasteiger partial charge on any atom is 0.249 e. The summed E-state index contributed by atoms with van der Waals surface area (Å²) in [5.74, 6) is -1.53. The van der Waals surface area contributed by atoms with Crippen LogP contribution < -0.4 is 16.0 Å². The second-order valence-corrected chi connectivity index (χ2v) is 8.52. The molecule has 2 heterocycles. The summed E-state index contributed by atoms with van der Waals surface area (Å²) < 4.78 is 14.3. The number of halogens is 1. The van der Waals surface area contributed by atoms with E-state index in [1.807, 2.05) is 0 Å². The summed E-state index contributed by atoms with van der Waals surface area (Å²) in [6, 6.07) is 4.11. The summed E-state index contributed by atoms with van der Waals surface area (Å²) in [5.41, 5.74) is 0.563. The van der Waals surface area contributed by atoms with Crippen LogP contribution in [0.2, 0.25) is 0 Å². The fourth-order valence-electron chi connectivity index (χ4n) is 4.38. The molecule has 2 saturated heterocycles. The van der Waals surface area contributed by atoms with E-state index < -0.39 is 17.8 Å². The lowest BCUT2D eigenvalue weighted by molar-refractivity contribution is -0.133. The molecule has 1 unspecified atom stereocenters. The van der Waals surface area contributed by atoms with Crippen molar-refractivity contribution >= 4 is 29.1 Å². The highest BCUT2D eigenvalue weighted by molar-refractivity contribution is 6.01. The van der Waals surface area contributed by atoms with Gasteiger partial charge in [0, 0.05) is 37.3 Å². The molecule has 8 nitrogen and oxygen atoms in total. The number of amides is 3. The van der Waals surface area contributed by atoms with Crippen molar-refractivity contribution in [3.05, 3.63) is 24.0 Å². The van der Waals surface area contributed by atoms with E-state index in [0.717, 1.165) is 26.1 Å². The fourth-order valence-corrected chi connectivity index (χ4v) is 4.38. The number of hydrogen-bond donors (Lipinski definition) is 3. The normalized spacial score (nSPS) is 25.2. The molecule has 0 spiro atoms. The molecule has 3 atom stereocenters. The minimum atomic E-state index is -0.576. The van der Waals surface area contributed by atoms with Crippen LogP contribution in [0.3, 0.4) is 0 Å². The highest BCUT2D eigenvalue weighted by Gasteiger charge is 2.30. The maximum absolute atomic E-state index is 14.3. The number of carbonyl (C=O) groups excluding carboxylic acids is 3. The number of rotatable bonds is 7. The van der Waals surface area contributed by atoms with Gasteiger partial charge in [-0.1, -0.05) is 6.92 Å². The molecule has 170 valence electrons. The van der Waals surface area contributed by atoms with E-state index in [4.69, 9.17) is 0 Å². The Bertz CT molecular complexity index is 821. The number of piperidine rings is 1. The molecule has 31 heavy (non-hydrogen) atoms. The van der Waals surface area contributed by atoms with Gasteiger partial charge in [-0.2, -0.15) is 0 Å². The molecule has 2 fully saturated rings. The molecule has 3 amide bonds. The minimum Gasteiger partial charge on any atom is -0.374 e. The van der Waals surface area contributed by atoms with Crippen LogP contribution in [0.4, 0.5) is 15.8 Å². The second kappa shape index (κ2) is 10.2. The number of carbonyl (C=O) groups is 3. The van der Waals surface area contributed by atoms with Crippen LogP contribution in [0.1, 0.15) is 40.0 Å². The zero-order chi connectivity index (χ0) is 22.5. The van der Waals surface area contributed by atoms with Gasteiger partial charge < -0.3 is 15.5 Å². The summed E-state index contributed by atoms with van der Waals surface area (Å²) in [7, 11) is 0. The fraction of sp³-hybridized carbons (Fsp3) is 0.591. The molecule has 1 aromatic rings. The van der Waals surface area contributed by atoms with Crippen molar-refractivity contribution in [2.24, 2.45) is 0 Å². The van der Waals surface area contributed by atoms with Gasteiger partial charge in [-0.3, -0.25) is 24.6 Å². The zero-order valence-corrected chi connectivity index (χ0v) is 18.4. The van der Waals surface area contributed by atoms with E-state index in [0.29, 0.717) is 12.1 Å². The van der Waals surface area contributed by atoms with Gasteiger partial charge in [0.1, 0.15) is 11.9 Å². The molecule has 0 aliphatic carbocycles. The number of benzene rings is 1. The Morgan fingerprint density at radius 1 is 1.23 bits per heavy atom. The summed E-state index contributed by atoms with van der Waals surface area (Å²) in [5, 5.41) is 7.95. The minimum absolute atomic E-state index is 0.0622. The van der Waals surface area contributed by atoms with Crippen molar-refractivity contribution in [1.29, 1.82) is 0 Å². The van der Waals surface area contributed by atoms with Gasteiger partial charge in [-0.05, 0) is 51.4 Å². The lowest BCUT2D eigenvalue weighted by atomic mass is 10.1. The number of nitrogens with zero attached hydrogens (tertiary/aromatic N) is 2. The van der Waals surface area contributed by atoms with Gasteiger partial charge >= 0.3 is 0 Å². The third-order valence-corrected chi connectivity index (χ3v) is 5.86. The van der Waals surface area contributed by atoms with Crippen LogP contribution in [0.5, 0.6) is 0 Å². The first kappa shape index (κ1) is 23.1. The Labute approximate surface area is 182 Å². The van der Waals surface area contributed by atoms with Crippen LogP contribution in [-0.2, 0) is 14.4 Å². The highest BCUT2D eigenvalue weighted by Crippen LogP contribution is 2.22. The van der Waals surface area contributed by atoms with E-state index in [2.05, 4.69) is 46.5 Å². The molecule has 2 aliphatic rings. The molecular formula is C22H32FN5O3. The Balaban J connectivity index is 1.60. The van der Waals surface area contributed by atoms with Gasteiger partial charge in [0.2, 0.25) is 17.7 Å². The van der Waals surface area contributed by atoms with Crippen LogP contribution in [0, 0.1) is 5.82 Å². The van der Waals surface area contributed by atoms with Gasteiger partial charge in [0.05, 0.1) is 12.2 Å². The quantitative estimate of drug-likeness (QED) is 0.568. The largest absolute Gasteiger partial charge is 0.374 e. The lowest BCUT2D eigenvalue weighted by Gasteiger charge is -2.44. The predicted molar refractivity (Wildman–Crippen MR) is 117 cm³/mol. The molecule has 0 aromatic heterocycles. The molecule has 0 saturated carbocycles. The molecule has 0 bridgehead atoms. The standard InChI is InChI=1S/C22H32FN5O3/c1-4-9-27-11-14(2)28(15(3)12-27)13-21(30)25-19-10-16(5-6-17(19)23)24-18-7-8-20(29)26-22(18)31/h5-6,10,14-15,18,24H,4,7-9,11-13H2,1-3H3,(H,25,30)(H,26,29,31)/t14-,15+,18?. The number of imide groups is 1. The highest BCUT2D eigenvalue weighted by atomic mass is 19.1. The van der Waals surface area contributed by atoms with Crippen molar-refractivity contribution in [1.82, 2.24) is 15.1 Å². The smallest absolute Gasteiger partial charge is 0.249 e. The van der Waals surface area contributed by atoms with Crippen LogP contribution in [0.15, 0.2) is 18.2 Å². The SMILES string of the molecule is CCCN1C[C@@H](C)N(CC(=O)Nc2cc(NC3CCC(=O)NC3=O)ccc2F)[C@@H](C)C1. The first-order valence-corrected chi connectivity index (χ1v) is 10.9. The summed E-state index contributed by atoms with van der Waals surface area (Å²) >= 11 is 0. The van der Waals surface area contributed by atoms with Gasteiger partial charge in [-0.15, -0.1) is 0 Å².